The fourth-order valence-electron chi connectivity index (χ4n) is 2.48. The molecule has 0 aromatic carbocycles. The summed E-state index contributed by atoms with van der Waals surface area (Å²) in [6.45, 7) is 5.58. The highest BCUT2D eigenvalue weighted by Gasteiger charge is 2.53. The largest absolute Gasteiger partial charge is 0.359 e. The normalized spacial score (nSPS) is 34.1. The topological polar surface area (TPSA) is 24.4 Å². The summed E-state index contributed by atoms with van der Waals surface area (Å²) in [6.07, 6.45) is 5.80. The zero-order chi connectivity index (χ0) is 10.5. The maximum atomic E-state index is 4.78. The van der Waals surface area contributed by atoms with Gasteiger partial charge in [-0.15, -0.1) is 0 Å². The van der Waals surface area contributed by atoms with Crippen molar-refractivity contribution in [2.24, 2.45) is 16.3 Å². The Labute approximate surface area is 96.3 Å². The molecule has 2 nitrogen and oxygen atoms in total. The molecule has 1 aliphatic heterocycles. The number of aliphatic imine (C=N–C) groups is 1. The quantitative estimate of drug-likeness (QED) is 0.797. The molecule has 1 heterocycles. The number of nitrogens with zero attached hydrogens (tertiary/aromatic N) is 1. The fraction of sp³-hybridized carbons (Fsp3) is 0.917. The molecule has 84 valence electrons. The molecule has 3 rings (SSSR count). The predicted molar refractivity (Wildman–Crippen MR) is 66.4 cm³/mol. The van der Waals surface area contributed by atoms with Crippen molar-refractivity contribution in [1.82, 2.24) is 5.32 Å². The first-order valence-electron chi connectivity index (χ1n) is 6.05. The molecule has 2 saturated carbocycles. The second kappa shape index (κ2) is 3.16. The van der Waals surface area contributed by atoms with Crippen molar-refractivity contribution >= 4 is 16.9 Å². The number of hydrogen-bond acceptors (Lipinski definition) is 2. The lowest BCUT2D eigenvalue weighted by Crippen LogP contribution is -2.37. The molecule has 1 saturated heterocycles. The second-order valence-corrected chi connectivity index (χ2v) is 7.02. The van der Waals surface area contributed by atoms with Crippen molar-refractivity contribution in [2.45, 2.75) is 45.1 Å². The van der Waals surface area contributed by atoms with Crippen LogP contribution in [0.3, 0.4) is 0 Å². The number of rotatable bonds is 3. The third kappa shape index (κ3) is 2.03. The van der Waals surface area contributed by atoms with E-state index in [-0.39, 0.29) is 5.54 Å². The van der Waals surface area contributed by atoms with Crippen LogP contribution in [-0.2, 0) is 0 Å². The molecule has 1 N–H and O–H groups in total. The summed E-state index contributed by atoms with van der Waals surface area (Å²) in [6, 6.07) is 0. The van der Waals surface area contributed by atoms with Crippen molar-refractivity contribution < 1.29 is 0 Å². The Morgan fingerprint density at radius 3 is 2.60 bits per heavy atom. The average Bonchev–Trinajstić information content (AvgIpc) is 3.02. The summed E-state index contributed by atoms with van der Waals surface area (Å²) in [7, 11) is 0. The van der Waals surface area contributed by atoms with E-state index in [0.717, 1.165) is 18.2 Å². The summed E-state index contributed by atoms with van der Waals surface area (Å²) in [5.41, 5.74) is 0.905. The lowest BCUT2D eigenvalue weighted by Gasteiger charge is -2.16. The van der Waals surface area contributed by atoms with Gasteiger partial charge in [-0.1, -0.05) is 11.8 Å². The van der Waals surface area contributed by atoms with Gasteiger partial charge in [0.1, 0.15) is 0 Å². The second-order valence-electron chi connectivity index (χ2n) is 6.06. The maximum Gasteiger partial charge on any atom is 0.157 e. The van der Waals surface area contributed by atoms with E-state index >= 15 is 0 Å². The standard InChI is InChI=1S/C12H20N2S/c1-11(2)8-15-10(14-11)13-7-12(5-6-12)9-3-4-9/h9H,3-8H2,1-2H3,(H,13,14). The lowest BCUT2D eigenvalue weighted by atomic mass is 10.0. The van der Waals surface area contributed by atoms with Crippen LogP contribution in [0.1, 0.15) is 39.5 Å². The van der Waals surface area contributed by atoms with E-state index in [1.54, 1.807) is 0 Å². The van der Waals surface area contributed by atoms with Gasteiger partial charge < -0.3 is 5.32 Å². The minimum atomic E-state index is 0.250. The first-order chi connectivity index (χ1) is 7.10. The van der Waals surface area contributed by atoms with Gasteiger partial charge in [-0.05, 0) is 50.9 Å². The summed E-state index contributed by atoms with van der Waals surface area (Å²) in [5.74, 6) is 2.18. The van der Waals surface area contributed by atoms with Gasteiger partial charge >= 0.3 is 0 Å². The Bertz CT molecular complexity index is 301. The Kier molecular flexibility index (Phi) is 2.11. The fourth-order valence-corrected chi connectivity index (χ4v) is 3.55. The highest BCUT2D eigenvalue weighted by molar-refractivity contribution is 8.14. The van der Waals surface area contributed by atoms with Gasteiger partial charge in [0.2, 0.25) is 0 Å². The van der Waals surface area contributed by atoms with Crippen LogP contribution >= 0.6 is 11.8 Å². The van der Waals surface area contributed by atoms with E-state index in [0.29, 0.717) is 5.41 Å². The minimum absolute atomic E-state index is 0.250. The summed E-state index contributed by atoms with van der Waals surface area (Å²) >= 11 is 1.89. The third-order valence-electron chi connectivity index (χ3n) is 3.89. The van der Waals surface area contributed by atoms with Gasteiger partial charge in [-0.3, -0.25) is 4.99 Å². The van der Waals surface area contributed by atoms with Crippen LogP contribution in [0.25, 0.3) is 0 Å². The van der Waals surface area contributed by atoms with Crippen LogP contribution < -0.4 is 5.32 Å². The number of amidine groups is 1. The highest BCUT2D eigenvalue weighted by Crippen LogP contribution is 2.61. The van der Waals surface area contributed by atoms with Crippen LogP contribution in [0.15, 0.2) is 4.99 Å². The molecule has 2 aliphatic carbocycles. The van der Waals surface area contributed by atoms with Crippen molar-refractivity contribution in [3.63, 3.8) is 0 Å². The van der Waals surface area contributed by atoms with Crippen molar-refractivity contribution in [1.29, 1.82) is 0 Å². The Morgan fingerprint density at radius 2 is 2.13 bits per heavy atom. The molecule has 0 bridgehead atoms. The zero-order valence-corrected chi connectivity index (χ0v) is 10.5. The van der Waals surface area contributed by atoms with Gasteiger partial charge in [0, 0.05) is 17.8 Å². The lowest BCUT2D eigenvalue weighted by molar-refractivity contribution is 0.452. The van der Waals surface area contributed by atoms with Crippen molar-refractivity contribution in [3.05, 3.63) is 0 Å². The first kappa shape index (κ1) is 10.0. The molecule has 0 radical (unpaired) electrons. The van der Waals surface area contributed by atoms with Crippen LogP contribution in [0.5, 0.6) is 0 Å². The monoisotopic (exact) mass is 224 g/mol. The van der Waals surface area contributed by atoms with E-state index in [9.17, 15) is 0 Å². The predicted octanol–water partition coefficient (Wildman–Crippen LogP) is 2.65. The van der Waals surface area contributed by atoms with Gasteiger partial charge in [-0.2, -0.15) is 0 Å². The molecular weight excluding hydrogens is 204 g/mol. The molecular formula is C12H20N2S. The van der Waals surface area contributed by atoms with E-state index in [4.69, 9.17) is 4.99 Å². The SMILES string of the molecule is CC1(C)CSC(=NCC2(C3CC3)CC2)N1. The van der Waals surface area contributed by atoms with E-state index in [1.807, 2.05) is 11.8 Å². The molecule has 0 amide bonds. The molecule has 0 aromatic heterocycles. The van der Waals surface area contributed by atoms with Crippen LogP contribution in [0.2, 0.25) is 0 Å². The number of thioether (sulfide) groups is 1. The molecule has 3 aliphatic rings. The van der Waals surface area contributed by atoms with Gasteiger partial charge in [-0.25, -0.2) is 0 Å². The summed E-state index contributed by atoms with van der Waals surface area (Å²) in [4.78, 5) is 4.78. The number of nitrogens with one attached hydrogen (secondary N) is 1. The Balaban J connectivity index is 1.59. The molecule has 0 unspecified atom stereocenters. The van der Waals surface area contributed by atoms with Gasteiger partial charge in [0.15, 0.2) is 5.17 Å². The molecule has 0 aromatic rings. The molecule has 0 spiro atoms. The molecule has 15 heavy (non-hydrogen) atoms. The third-order valence-corrected chi connectivity index (χ3v) is 5.26. The summed E-state index contributed by atoms with van der Waals surface area (Å²) in [5, 5.41) is 4.69. The van der Waals surface area contributed by atoms with E-state index in [1.165, 1.54) is 30.9 Å². The number of hydrogen-bond donors (Lipinski definition) is 1. The maximum absolute atomic E-state index is 4.78. The van der Waals surface area contributed by atoms with E-state index < -0.39 is 0 Å². The average molecular weight is 224 g/mol. The summed E-state index contributed by atoms with van der Waals surface area (Å²) < 4.78 is 0. The van der Waals surface area contributed by atoms with Crippen LogP contribution in [0, 0.1) is 11.3 Å². The first-order valence-corrected chi connectivity index (χ1v) is 7.04. The van der Waals surface area contributed by atoms with Gasteiger partial charge in [0.05, 0.1) is 0 Å². The molecule has 3 heteroatoms. The highest BCUT2D eigenvalue weighted by atomic mass is 32.2. The molecule has 3 fully saturated rings. The zero-order valence-electron chi connectivity index (χ0n) is 9.68. The Hall–Kier alpha value is -0.180. The smallest absolute Gasteiger partial charge is 0.157 e. The van der Waals surface area contributed by atoms with Crippen LogP contribution in [-0.4, -0.2) is 23.0 Å². The van der Waals surface area contributed by atoms with Crippen molar-refractivity contribution in [3.8, 4) is 0 Å². The van der Waals surface area contributed by atoms with Crippen LogP contribution in [0.4, 0.5) is 0 Å². The van der Waals surface area contributed by atoms with Crippen molar-refractivity contribution in [2.75, 3.05) is 12.3 Å². The van der Waals surface area contributed by atoms with E-state index in [2.05, 4.69) is 19.2 Å². The Morgan fingerprint density at radius 1 is 1.40 bits per heavy atom. The minimum Gasteiger partial charge on any atom is -0.359 e. The molecule has 0 atom stereocenters. The van der Waals surface area contributed by atoms with Gasteiger partial charge in [0.25, 0.3) is 0 Å².